The van der Waals surface area contributed by atoms with Crippen LogP contribution in [0.1, 0.15) is 32.3 Å². The number of para-hydroxylation sites is 1. The van der Waals surface area contributed by atoms with Crippen LogP contribution in [0.4, 0.5) is 0 Å². The van der Waals surface area contributed by atoms with Crippen molar-refractivity contribution in [2.75, 3.05) is 33.3 Å². The van der Waals surface area contributed by atoms with Crippen LogP contribution in [-0.4, -0.2) is 55.3 Å². The smallest absolute Gasteiger partial charge is 0.227 e. The first kappa shape index (κ1) is 19.7. The summed E-state index contributed by atoms with van der Waals surface area (Å²) in [5.74, 6) is 1.12. The number of aliphatic hydroxyl groups is 1. The van der Waals surface area contributed by atoms with Gasteiger partial charge < -0.3 is 20.1 Å². The quantitative estimate of drug-likeness (QED) is 0.755. The van der Waals surface area contributed by atoms with Crippen molar-refractivity contribution in [3.8, 4) is 5.75 Å². The molecule has 0 unspecified atom stereocenters. The zero-order chi connectivity index (χ0) is 18.2. The lowest BCUT2D eigenvalue weighted by molar-refractivity contribution is -0.131. The Hall–Kier alpha value is -1.59. The number of benzene rings is 1. The van der Waals surface area contributed by atoms with E-state index in [0.717, 1.165) is 30.7 Å². The van der Waals surface area contributed by atoms with E-state index < -0.39 is 6.10 Å². The Morgan fingerprint density at radius 2 is 2.16 bits per heavy atom. The van der Waals surface area contributed by atoms with Crippen LogP contribution in [0.3, 0.4) is 0 Å². The minimum atomic E-state index is -0.539. The summed E-state index contributed by atoms with van der Waals surface area (Å²) in [5, 5.41) is 13.0. The average molecular weight is 348 g/mol. The van der Waals surface area contributed by atoms with Crippen LogP contribution in [0.5, 0.6) is 5.75 Å². The van der Waals surface area contributed by atoms with E-state index in [2.05, 4.69) is 24.1 Å². The molecule has 2 rings (SSSR count). The van der Waals surface area contributed by atoms with Gasteiger partial charge in [0.25, 0.3) is 0 Å². The number of carbonyl (C=O) groups is 1. The molecule has 0 radical (unpaired) electrons. The van der Waals surface area contributed by atoms with Gasteiger partial charge in [0, 0.05) is 19.6 Å². The first-order valence-corrected chi connectivity index (χ1v) is 9.32. The van der Waals surface area contributed by atoms with E-state index >= 15 is 0 Å². The number of hydrogen-bond donors (Lipinski definition) is 2. The number of carbonyl (C=O) groups excluding carboxylic acids is 1. The van der Waals surface area contributed by atoms with Crippen LogP contribution in [0.25, 0.3) is 0 Å². The number of hydrogen-bond acceptors (Lipinski definition) is 4. The fourth-order valence-electron chi connectivity index (χ4n) is 3.07. The number of likely N-dealkylation sites (tertiary alicyclic amines) is 1. The summed E-state index contributed by atoms with van der Waals surface area (Å²) in [4.78, 5) is 14.4. The molecule has 1 fully saturated rings. The molecular weight excluding hydrogens is 316 g/mol. The summed E-state index contributed by atoms with van der Waals surface area (Å²) in [6, 6.07) is 7.99. The van der Waals surface area contributed by atoms with Crippen LogP contribution in [-0.2, 0) is 11.2 Å². The zero-order valence-corrected chi connectivity index (χ0v) is 15.7. The third kappa shape index (κ3) is 6.33. The monoisotopic (exact) mass is 348 g/mol. The predicted molar refractivity (Wildman–Crippen MR) is 99.7 cm³/mol. The number of nitrogens with zero attached hydrogens (tertiary/aromatic N) is 1. The molecule has 1 aliphatic rings. The van der Waals surface area contributed by atoms with E-state index in [1.54, 1.807) is 0 Å². The van der Waals surface area contributed by atoms with E-state index in [1.807, 2.05) is 31.3 Å². The lowest BCUT2D eigenvalue weighted by Gasteiger charge is -2.32. The highest BCUT2D eigenvalue weighted by atomic mass is 16.5. The summed E-state index contributed by atoms with van der Waals surface area (Å²) < 4.78 is 5.89. The molecular formula is C20H32N2O3. The molecule has 25 heavy (non-hydrogen) atoms. The number of aliphatic hydroxyl groups excluding tert-OH is 1. The molecule has 0 spiro atoms. The minimum absolute atomic E-state index is 0.0581. The second kappa shape index (κ2) is 9.78. The van der Waals surface area contributed by atoms with Gasteiger partial charge in [-0.2, -0.15) is 0 Å². The van der Waals surface area contributed by atoms with Crippen molar-refractivity contribution >= 4 is 5.91 Å². The average Bonchev–Trinajstić information content (AvgIpc) is 2.58. The molecule has 0 saturated carbocycles. The van der Waals surface area contributed by atoms with Crippen molar-refractivity contribution < 1.29 is 14.6 Å². The number of amides is 1. The van der Waals surface area contributed by atoms with Crippen molar-refractivity contribution in [3.63, 3.8) is 0 Å². The van der Waals surface area contributed by atoms with Crippen molar-refractivity contribution in [1.29, 1.82) is 0 Å². The van der Waals surface area contributed by atoms with Gasteiger partial charge in [-0.15, -0.1) is 0 Å². The van der Waals surface area contributed by atoms with Crippen molar-refractivity contribution in [3.05, 3.63) is 29.8 Å². The number of rotatable bonds is 8. The SMILES string of the molecule is CC(C)CCOc1ccccc1CCNC(=O)[C@@H]1CN(C)CC[C@@H]1O. The van der Waals surface area contributed by atoms with Crippen molar-refractivity contribution in [1.82, 2.24) is 10.2 Å². The standard InChI is InChI=1S/C20H32N2O3/c1-15(2)10-13-25-19-7-5-4-6-16(19)8-11-21-20(24)17-14-22(3)12-9-18(17)23/h4-7,15,17-18,23H,8-14H2,1-3H3,(H,21,24)/t17-,18+/m1/s1. The summed E-state index contributed by atoms with van der Waals surface area (Å²) in [6.07, 6.45) is 1.87. The van der Waals surface area contributed by atoms with Crippen LogP contribution in [0.15, 0.2) is 24.3 Å². The van der Waals surface area contributed by atoms with Gasteiger partial charge in [-0.05, 0) is 43.9 Å². The van der Waals surface area contributed by atoms with E-state index in [0.29, 0.717) is 32.0 Å². The lowest BCUT2D eigenvalue weighted by Crippen LogP contribution is -2.49. The maximum Gasteiger partial charge on any atom is 0.227 e. The normalized spacial score (nSPS) is 21.3. The molecule has 1 heterocycles. The zero-order valence-electron chi connectivity index (χ0n) is 15.7. The van der Waals surface area contributed by atoms with Gasteiger partial charge in [-0.25, -0.2) is 0 Å². The summed E-state index contributed by atoms with van der Waals surface area (Å²) in [5.41, 5.74) is 1.10. The van der Waals surface area contributed by atoms with E-state index in [4.69, 9.17) is 4.74 Å². The molecule has 1 aromatic rings. The highest BCUT2D eigenvalue weighted by Gasteiger charge is 2.31. The largest absolute Gasteiger partial charge is 0.493 e. The molecule has 1 amide bonds. The molecule has 1 aliphatic heterocycles. The van der Waals surface area contributed by atoms with Gasteiger partial charge in [-0.3, -0.25) is 4.79 Å². The first-order chi connectivity index (χ1) is 12.0. The van der Waals surface area contributed by atoms with E-state index in [-0.39, 0.29) is 11.8 Å². The Bertz CT molecular complexity index is 547. The van der Waals surface area contributed by atoms with Gasteiger partial charge in [0.2, 0.25) is 5.91 Å². The minimum Gasteiger partial charge on any atom is -0.493 e. The van der Waals surface area contributed by atoms with Gasteiger partial charge in [0.1, 0.15) is 5.75 Å². The Morgan fingerprint density at radius 1 is 1.40 bits per heavy atom. The molecule has 2 atom stereocenters. The highest BCUT2D eigenvalue weighted by Crippen LogP contribution is 2.20. The van der Waals surface area contributed by atoms with Crippen LogP contribution < -0.4 is 10.1 Å². The maximum atomic E-state index is 12.3. The number of nitrogens with one attached hydrogen (secondary N) is 1. The molecule has 5 heteroatoms. The molecule has 0 aromatic heterocycles. The van der Waals surface area contributed by atoms with Crippen LogP contribution in [0, 0.1) is 11.8 Å². The highest BCUT2D eigenvalue weighted by molar-refractivity contribution is 5.79. The fourth-order valence-corrected chi connectivity index (χ4v) is 3.07. The van der Waals surface area contributed by atoms with Gasteiger partial charge >= 0.3 is 0 Å². The Kier molecular flexibility index (Phi) is 7.72. The van der Waals surface area contributed by atoms with Crippen molar-refractivity contribution in [2.24, 2.45) is 11.8 Å². The van der Waals surface area contributed by atoms with Gasteiger partial charge in [-0.1, -0.05) is 32.0 Å². The molecule has 140 valence electrons. The van der Waals surface area contributed by atoms with Crippen LogP contribution in [0.2, 0.25) is 0 Å². The predicted octanol–water partition coefficient (Wildman–Crippen LogP) is 2.08. The first-order valence-electron chi connectivity index (χ1n) is 9.32. The number of ether oxygens (including phenoxy) is 1. The number of piperidine rings is 1. The third-order valence-corrected chi connectivity index (χ3v) is 4.74. The van der Waals surface area contributed by atoms with Crippen LogP contribution >= 0.6 is 0 Å². The maximum absolute atomic E-state index is 12.3. The van der Waals surface area contributed by atoms with Crippen molar-refractivity contribution in [2.45, 2.75) is 39.2 Å². The molecule has 1 saturated heterocycles. The lowest BCUT2D eigenvalue weighted by atomic mass is 9.94. The molecule has 2 N–H and O–H groups in total. The summed E-state index contributed by atoms with van der Waals surface area (Å²) in [7, 11) is 1.98. The molecule has 5 nitrogen and oxygen atoms in total. The second-order valence-electron chi connectivity index (χ2n) is 7.40. The topological polar surface area (TPSA) is 61.8 Å². The Balaban J connectivity index is 1.82. The summed E-state index contributed by atoms with van der Waals surface area (Å²) in [6.45, 7) is 7.08. The molecule has 1 aromatic carbocycles. The summed E-state index contributed by atoms with van der Waals surface area (Å²) >= 11 is 0. The van der Waals surface area contributed by atoms with Gasteiger partial charge in [0.15, 0.2) is 0 Å². The van der Waals surface area contributed by atoms with E-state index in [1.165, 1.54) is 0 Å². The second-order valence-corrected chi connectivity index (χ2v) is 7.40. The Morgan fingerprint density at radius 3 is 2.92 bits per heavy atom. The molecule has 0 bridgehead atoms. The fraction of sp³-hybridized carbons (Fsp3) is 0.650. The van der Waals surface area contributed by atoms with E-state index in [9.17, 15) is 9.90 Å². The third-order valence-electron chi connectivity index (χ3n) is 4.74. The molecule has 0 aliphatic carbocycles. The Labute approximate surface area is 151 Å². The van der Waals surface area contributed by atoms with Gasteiger partial charge in [0.05, 0.1) is 18.6 Å².